The van der Waals surface area contributed by atoms with Gasteiger partial charge in [-0.25, -0.2) is 14.8 Å². The maximum absolute atomic E-state index is 12.5. The Bertz CT molecular complexity index is 795. The van der Waals surface area contributed by atoms with Crippen LogP contribution in [0.1, 0.15) is 36.9 Å². The second-order valence-electron chi connectivity index (χ2n) is 6.08. The number of amides is 2. The number of benzene rings is 1. The number of ether oxygens (including phenoxy) is 1. The molecule has 0 aliphatic carbocycles. The van der Waals surface area contributed by atoms with Crippen LogP contribution in [0, 0.1) is 11.3 Å². The normalized spacial score (nSPS) is 14.5. The molecule has 0 bridgehead atoms. The molecule has 26 heavy (non-hydrogen) atoms. The third kappa shape index (κ3) is 4.09. The van der Waals surface area contributed by atoms with Crippen LogP contribution in [0.15, 0.2) is 36.8 Å². The molecule has 1 aromatic heterocycles. The van der Waals surface area contributed by atoms with Crippen LogP contribution in [0.4, 0.5) is 10.5 Å². The number of hydrogen-bond acceptors (Lipinski definition) is 5. The molecule has 7 heteroatoms. The van der Waals surface area contributed by atoms with Gasteiger partial charge >= 0.3 is 6.03 Å². The number of hydrogen-bond donors (Lipinski definition) is 1. The highest BCUT2D eigenvalue weighted by atomic mass is 16.5. The molecule has 1 saturated heterocycles. The maximum atomic E-state index is 12.5. The second kappa shape index (κ2) is 8.30. The smallest absolute Gasteiger partial charge is 0.321 e. The van der Waals surface area contributed by atoms with E-state index >= 15 is 0 Å². The predicted molar refractivity (Wildman–Crippen MR) is 96.9 cm³/mol. The number of carbonyl (C=O) groups is 1. The lowest BCUT2D eigenvalue weighted by Crippen LogP contribution is -2.40. The van der Waals surface area contributed by atoms with E-state index in [4.69, 9.17) is 4.74 Å². The van der Waals surface area contributed by atoms with Gasteiger partial charge in [0.25, 0.3) is 0 Å². The summed E-state index contributed by atoms with van der Waals surface area (Å²) < 4.78 is 5.40. The molecule has 7 nitrogen and oxygen atoms in total. The summed E-state index contributed by atoms with van der Waals surface area (Å²) in [6, 6.07) is 8.97. The Morgan fingerprint density at radius 2 is 2.19 bits per heavy atom. The molecule has 3 rings (SSSR count). The van der Waals surface area contributed by atoms with Crippen molar-refractivity contribution in [1.29, 1.82) is 5.26 Å². The van der Waals surface area contributed by atoms with E-state index in [1.165, 1.54) is 0 Å². The standard InChI is InChI=1S/C19H21N5O2/c1-2-26-18-4-3-16(11-15(18)12-20)23-19(25)24-9-6-14(7-10-24)17-5-8-21-13-22-17/h3-5,8,11,13-14H,2,6-7,9-10H2,1H3,(H,23,25). The molecule has 1 aromatic carbocycles. The average molecular weight is 351 g/mol. The van der Waals surface area contributed by atoms with E-state index in [9.17, 15) is 10.1 Å². The van der Waals surface area contributed by atoms with Crippen molar-refractivity contribution in [3.63, 3.8) is 0 Å². The number of nitrogens with one attached hydrogen (secondary N) is 1. The molecular formula is C19H21N5O2. The summed E-state index contributed by atoms with van der Waals surface area (Å²) >= 11 is 0. The van der Waals surface area contributed by atoms with Crippen LogP contribution < -0.4 is 10.1 Å². The highest BCUT2D eigenvalue weighted by Gasteiger charge is 2.24. The average Bonchev–Trinajstić information content (AvgIpc) is 2.70. The van der Waals surface area contributed by atoms with E-state index in [0.717, 1.165) is 18.5 Å². The van der Waals surface area contributed by atoms with Crippen molar-refractivity contribution in [1.82, 2.24) is 14.9 Å². The van der Waals surface area contributed by atoms with Crippen LogP contribution >= 0.6 is 0 Å². The number of piperidine rings is 1. The predicted octanol–water partition coefficient (Wildman–Crippen LogP) is 3.16. The van der Waals surface area contributed by atoms with Crippen molar-refractivity contribution in [2.75, 3.05) is 25.0 Å². The van der Waals surface area contributed by atoms with Crippen molar-refractivity contribution in [2.24, 2.45) is 0 Å². The van der Waals surface area contributed by atoms with Gasteiger partial charge < -0.3 is 15.0 Å². The van der Waals surface area contributed by atoms with Crippen LogP contribution in [0.3, 0.4) is 0 Å². The zero-order valence-electron chi connectivity index (χ0n) is 14.7. The largest absolute Gasteiger partial charge is 0.492 e. The fourth-order valence-electron chi connectivity index (χ4n) is 3.10. The first kappa shape index (κ1) is 17.7. The summed E-state index contributed by atoms with van der Waals surface area (Å²) in [5.74, 6) is 0.886. The van der Waals surface area contributed by atoms with E-state index in [1.807, 2.05) is 13.0 Å². The lowest BCUT2D eigenvalue weighted by Gasteiger charge is -2.31. The number of rotatable bonds is 4. The zero-order valence-corrected chi connectivity index (χ0v) is 14.7. The number of aromatic nitrogens is 2. The summed E-state index contributed by atoms with van der Waals surface area (Å²) in [5, 5.41) is 12.1. The molecule has 2 amide bonds. The lowest BCUT2D eigenvalue weighted by molar-refractivity contribution is 0.194. The molecule has 0 saturated carbocycles. The number of nitrogens with zero attached hydrogens (tertiary/aromatic N) is 4. The molecule has 1 fully saturated rings. The van der Waals surface area contributed by atoms with Gasteiger partial charge in [0.15, 0.2) is 0 Å². The third-order valence-electron chi connectivity index (χ3n) is 4.46. The molecule has 134 valence electrons. The monoisotopic (exact) mass is 351 g/mol. The summed E-state index contributed by atoms with van der Waals surface area (Å²) in [6.45, 7) is 3.69. The van der Waals surface area contributed by atoms with Crippen molar-refractivity contribution < 1.29 is 9.53 Å². The Morgan fingerprint density at radius 1 is 1.38 bits per heavy atom. The van der Waals surface area contributed by atoms with Crippen LogP contribution in [-0.2, 0) is 0 Å². The van der Waals surface area contributed by atoms with E-state index < -0.39 is 0 Å². The van der Waals surface area contributed by atoms with Crippen molar-refractivity contribution in [2.45, 2.75) is 25.7 Å². The third-order valence-corrected chi connectivity index (χ3v) is 4.46. The number of carbonyl (C=O) groups excluding carboxylic acids is 1. The highest BCUT2D eigenvalue weighted by molar-refractivity contribution is 5.89. The van der Waals surface area contributed by atoms with Gasteiger partial charge in [-0.3, -0.25) is 0 Å². The quantitative estimate of drug-likeness (QED) is 0.913. The van der Waals surface area contributed by atoms with Crippen molar-refractivity contribution >= 4 is 11.7 Å². The van der Waals surface area contributed by atoms with Gasteiger partial charge in [0.2, 0.25) is 0 Å². The van der Waals surface area contributed by atoms with E-state index in [1.54, 1.807) is 35.6 Å². The first-order valence-corrected chi connectivity index (χ1v) is 8.70. The minimum absolute atomic E-state index is 0.154. The number of likely N-dealkylation sites (tertiary alicyclic amines) is 1. The first-order valence-electron chi connectivity index (χ1n) is 8.70. The maximum Gasteiger partial charge on any atom is 0.321 e. The fraction of sp³-hybridized carbons (Fsp3) is 0.368. The summed E-state index contributed by atoms with van der Waals surface area (Å²) in [7, 11) is 0. The summed E-state index contributed by atoms with van der Waals surface area (Å²) in [4.78, 5) is 22.5. The van der Waals surface area contributed by atoms with Crippen LogP contribution in [0.5, 0.6) is 5.75 Å². The Morgan fingerprint density at radius 3 is 2.85 bits per heavy atom. The summed E-state index contributed by atoms with van der Waals surface area (Å²) in [6.07, 6.45) is 5.06. The SMILES string of the molecule is CCOc1ccc(NC(=O)N2CCC(c3ccncn3)CC2)cc1C#N. The van der Waals surface area contributed by atoms with Crippen LogP contribution in [0.25, 0.3) is 0 Å². The number of nitriles is 1. The molecule has 2 heterocycles. The van der Waals surface area contributed by atoms with E-state index in [2.05, 4.69) is 21.4 Å². The Kier molecular flexibility index (Phi) is 5.64. The Hall–Kier alpha value is -3.14. The van der Waals surface area contributed by atoms with Crippen molar-refractivity contribution in [3.05, 3.63) is 48.0 Å². The zero-order chi connectivity index (χ0) is 18.4. The lowest BCUT2D eigenvalue weighted by atomic mass is 9.93. The van der Waals surface area contributed by atoms with Gasteiger partial charge in [-0.05, 0) is 44.0 Å². The van der Waals surface area contributed by atoms with Gasteiger partial charge in [0.1, 0.15) is 18.1 Å². The minimum Gasteiger partial charge on any atom is -0.492 e. The van der Waals surface area contributed by atoms with Crippen LogP contribution in [0.2, 0.25) is 0 Å². The topological polar surface area (TPSA) is 91.1 Å². The molecule has 0 radical (unpaired) electrons. The van der Waals surface area contributed by atoms with Gasteiger partial charge in [0.05, 0.1) is 12.2 Å². The highest BCUT2D eigenvalue weighted by Crippen LogP contribution is 2.27. The van der Waals surface area contributed by atoms with Gasteiger partial charge in [-0.15, -0.1) is 0 Å². The molecule has 0 atom stereocenters. The fourth-order valence-corrected chi connectivity index (χ4v) is 3.10. The Labute approximate surface area is 152 Å². The Balaban J connectivity index is 1.59. The minimum atomic E-state index is -0.154. The van der Waals surface area contributed by atoms with Gasteiger partial charge in [0, 0.05) is 36.6 Å². The molecule has 1 N–H and O–H groups in total. The molecule has 2 aromatic rings. The van der Waals surface area contributed by atoms with Gasteiger partial charge in [-0.2, -0.15) is 5.26 Å². The summed E-state index contributed by atoms with van der Waals surface area (Å²) in [5.41, 5.74) is 2.03. The van der Waals surface area contributed by atoms with Crippen molar-refractivity contribution in [3.8, 4) is 11.8 Å². The molecular weight excluding hydrogens is 330 g/mol. The first-order chi connectivity index (χ1) is 12.7. The molecule has 1 aliphatic rings. The molecule has 0 spiro atoms. The second-order valence-corrected chi connectivity index (χ2v) is 6.08. The van der Waals surface area contributed by atoms with E-state index in [0.29, 0.717) is 42.6 Å². The number of urea groups is 1. The number of anilines is 1. The van der Waals surface area contributed by atoms with Gasteiger partial charge in [-0.1, -0.05) is 0 Å². The molecule has 0 unspecified atom stereocenters. The van der Waals surface area contributed by atoms with Crippen LogP contribution in [-0.4, -0.2) is 40.6 Å². The molecule has 1 aliphatic heterocycles. The van der Waals surface area contributed by atoms with E-state index in [-0.39, 0.29) is 6.03 Å².